The smallest absolute Gasteiger partial charge is 0.251 e. The van der Waals surface area contributed by atoms with Gasteiger partial charge in [-0.25, -0.2) is 13.8 Å². The number of fused-ring (bicyclic) bond motifs is 4. The third-order valence-corrected chi connectivity index (χ3v) is 7.36. The van der Waals surface area contributed by atoms with Crippen LogP contribution in [0.4, 0.5) is 8.78 Å². The van der Waals surface area contributed by atoms with Gasteiger partial charge in [-0.05, 0) is 69.2 Å². The molecule has 1 saturated carbocycles. The lowest BCUT2D eigenvalue weighted by molar-refractivity contribution is -0.162. The highest BCUT2D eigenvalue weighted by atomic mass is 19.1. The maximum atomic E-state index is 14.7. The Hall–Kier alpha value is -3.13. The van der Waals surface area contributed by atoms with Crippen molar-refractivity contribution in [2.75, 3.05) is 13.7 Å². The fourth-order valence-electron chi connectivity index (χ4n) is 5.08. The van der Waals surface area contributed by atoms with Crippen molar-refractivity contribution in [3.05, 3.63) is 64.9 Å². The van der Waals surface area contributed by atoms with E-state index in [0.29, 0.717) is 53.1 Å². The summed E-state index contributed by atoms with van der Waals surface area (Å²) in [6.45, 7) is 2.05. The largest absolute Gasteiger partial charge is 0.481 e. The van der Waals surface area contributed by atoms with Crippen molar-refractivity contribution >= 4 is 16.9 Å². The van der Waals surface area contributed by atoms with Crippen LogP contribution < -0.4 is 10.1 Å². The van der Waals surface area contributed by atoms with Gasteiger partial charge in [-0.15, -0.1) is 0 Å². The van der Waals surface area contributed by atoms with Crippen LogP contribution in [0.5, 0.6) is 5.88 Å². The second-order valence-corrected chi connectivity index (χ2v) is 9.48. The molecule has 178 valence electrons. The average Bonchev–Trinajstić information content (AvgIpc) is 2.86. The molecular weight excluding hydrogens is 440 g/mol. The molecule has 2 aliphatic heterocycles. The van der Waals surface area contributed by atoms with Gasteiger partial charge in [-0.1, -0.05) is 6.07 Å². The maximum Gasteiger partial charge on any atom is 0.251 e. The zero-order valence-corrected chi connectivity index (χ0v) is 19.3. The van der Waals surface area contributed by atoms with Crippen molar-refractivity contribution in [1.82, 2.24) is 15.3 Å². The fourth-order valence-corrected chi connectivity index (χ4v) is 5.08. The molecule has 2 aromatic heterocycles. The topological polar surface area (TPSA) is 73.3 Å². The van der Waals surface area contributed by atoms with Crippen LogP contribution >= 0.6 is 0 Å². The van der Waals surface area contributed by atoms with E-state index >= 15 is 0 Å². The second-order valence-electron chi connectivity index (χ2n) is 9.48. The van der Waals surface area contributed by atoms with Crippen LogP contribution in [0, 0.1) is 18.6 Å². The van der Waals surface area contributed by atoms with Crippen molar-refractivity contribution in [3.8, 4) is 5.88 Å². The Morgan fingerprint density at radius 1 is 1.15 bits per heavy atom. The number of carbonyl (C=O) groups excluding carboxylic acids is 1. The molecule has 6 rings (SSSR count). The first-order valence-electron chi connectivity index (χ1n) is 11.5. The lowest BCUT2D eigenvalue weighted by atomic mass is 9.69. The van der Waals surface area contributed by atoms with Gasteiger partial charge >= 0.3 is 0 Å². The number of rotatable bonds is 6. The molecule has 0 unspecified atom stereocenters. The van der Waals surface area contributed by atoms with Crippen molar-refractivity contribution < 1.29 is 23.0 Å². The van der Waals surface area contributed by atoms with E-state index in [9.17, 15) is 13.6 Å². The zero-order valence-electron chi connectivity index (χ0n) is 19.3. The minimum atomic E-state index is -0.455. The third-order valence-electron chi connectivity index (χ3n) is 7.36. The van der Waals surface area contributed by atoms with Crippen molar-refractivity contribution in [2.45, 2.75) is 56.6 Å². The van der Waals surface area contributed by atoms with Crippen LogP contribution in [0.15, 0.2) is 36.5 Å². The normalized spacial score (nSPS) is 23.8. The number of amides is 1. The van der Waals surface area contributed by atoms with Gasteiger partial charge in [-0.3, -0.25) is 9.78 Å². The van der Waals surface area contributed by atoms with Crippen LogP contribution in [0.2, 0.25) is 0 Å². The first-order valence-corrected chi connectivity index (χ1v) is 11.5. The number of pyridine rings is 2. The SMILES string of the molecule is COc1ccc2ncc(F)c(CCC34CCC(NC(=O)c5ccc(C)c(F)c5)(CC3)CO4)c2n1. The van der Waals surface area contributed by atoms with E-state index in [1.54, 1.807) is 31.2 Å². The van der Waals surface area contributed by atoms with Gasteiger partial charge in [0, 0.05) is 17.2 Å². The van der Waals surface area contributed by atoms with E-state index in [4.69, 9.17) is 9.47 Å². The van der Waals surface area contributed by atoms with Gasteiger partial charge in [0.15, 0.2) is 0 Å². The summed E-state index contributed by atoms with van der Waals surface area (Å²) >= 11 is 0. The lowest BCUT2D eigenvalue weighted by Gasteiger charge is -2.53. The second kappa shape index (κ2) is 8.58. The summed E-state index contributed by atoms with van der Waals surface area (Å²) in [5, 5.41) is 3.10. The lowest BCUT2D eigenvalue weighted by Crippen LogP contribution is -2.63. The van der Waals surface area contributed by atoms with Crippen LogP contribution in [0.3, 0.4) is 0 Å². The van der Waals surface area contributed by atoms with Gasteiger partial charge in [0.25, 0.3) is 5.91 Å². The number of halogens is 2. The number of hydrogen-bond acceptors (Lipinski definition) is 5. The molecular formula is C26H27F2N3O3. The Morgan fingerprint density at radius 2 is 1.94 bits per heavy atom. The first-order chi connectivity index (χ1) is 16.3. The summed E-state index contributed by atoms with van der Waals surface area (Å²) in [7, 11) is 1.53. The van der Waals surface area contributed by atoms with Crippen molar-refractivity contribution in [3.63, 3.8) is 0 Å². The van der Waals surface area contributed by atoms with Gasteiger partial charge < -0.3 is 14.8 Å². The van der Waals surface area contributed by atoms with E-state index in [1.165, 1.54) is 19.4 Å². The van der Waals surface area contributed by atoms with E-state index in [2.05, 4.69) is 15.3 Å². The molecule has 3 aliphatic rings. The summed E-state index contributed by atoms with van der Waals surface area (Å²) in [5.41, 5.74) is 1.64. The number of nitrogens with one attached hydrogen (secondary N) is 1. The van der Waals surface area contributed by atoms with E-state index in [0.717, 1.165) is 25.7 Å². The van der Waals surface area contributed by atoms with Gasteiger partial charge in [0.05, 0.1) is 42.1 Å². The highest BCUT2D eigenvalue weighted by Crippen LogP contribution is 2.46. The summed E-state index contributed by atoms with van der Waals surface area (Å²) in [6.07, 6.45) is 5.40. The molecule has 2 saturated heterocycles. The predicted molar refractivity (Wildman–Crippen MR) is 123 cm³/mol. The molecule has 1 N–H and O–H groups in total. The minimum Gasteiger partial charge on any atom is -0.481 e. The molecule has 8 heteroatoms. The Balaban J connectivity index is 1.27. The van der Waals surface area contributed by atoms with Crippen LogP contribution in [0.25, 0.3) is 11.0 Å². The molecule has 0 radical (unpaired) electrons. The van der Waals surface area contributed by atoms with Gasteiger partial charge in [-0.2, -0.15) is 0 Å². The number of methoxy groups -OCH3 is 1. The molecule has 4 heterocycles. The van der Waals surface area contributed by atoms with Gasteiger partial charge in [0.1, 0.15) is 11.6 Å². The minimum absolute atomic E-state index is 0.290. The maximum absolute atomic E-state index is 14.7. The standard InChI is InChI=1S/C26H27F2N3O3/c1-16-3-4-17(13-19(16)27)24(32)31-25-9-11-26(12-10-25,34-15-25)8-7-18-20(28)14-29-21-5-6-22(33-2)30-23(18)21/h3-6,13-14H,7-12,15H2,1-2H3,(H,31,32). The summed E-state index contributed by atoms with van der Waals surface area (Å²) in [5.74, 6) is -0.652. The van der Waals surface area contributed by atoms with Gasteiger partial charge in [0.2, 0.25) is 5.88 Å². The van der Waals surface area contributed by atoms with Crippen molar-refractivity contribution in [2.24, 2.45) is 0 Å². The fraction of sp³-hybridized carbons (Fsp3) is 0.423. The number of aryl methyl sites for hydroxylation is 2. The molecule has 3 fully saturated rings. The predicted octanol–water partition coefficient (Wildman–Crippen LogP) is 4.67. The Bertz CT molecular complexity index is 1240. The molecule has 0 spiro atoms. The quantitative estimate of drug-likeness (QED) is 0.570. The van der Waals surface area contributed by atoms with E-state index in [1.807, 2.05) is 0 Å². The van der Waals surface area contributed by atoms with Crippen molar-refractivity contribution in [1.29, 1.82) is 0 Å². The number of hydrogen-bond donors (Lipinski definition) is 1. The van der Waals surface area contributed by atoms with E-state index in [-0.39, 0.29) is 17.3 Å². The first kappa shape index (κ1) is 22.7. The Kier molecular flexibility index (Phi) is 5.72. The van der Waals surface area contributed by atoms with Crippen LogP contribution in [-0.2, 0) is 11.2 Å². The van der Waals surface area contributed by atoms with Crippen LogP contribution in [0.1, 0.15) is 53.6 Å². The van der Waals surface area contributed by atoms with E-state index < -0.39 is 11.4 Å². The third kappa shape index (κ3) is 4.11. The monoisotopic (exact) mass is 467 g/mol. The number of ether oxygens (including phenoxy) is 2. The highest BCUT2D eigenvalue weighted by molar-refractivity contribution is 5.94. The average molecular weight is 468 g/mol. The summed E-state index contributed by atoms with van der Waals surface area (Å²) in [6, 6.07) is 8.00. The molecule has 2 bridgehead atoms. The molecule has 0 atom stereocenters. The molecule has 34 heavy (non-hydrogen) atoms. The molecule has 1 amide bonds. The number of benzene rings is 1. The summed E-state index contributed by atoms with van der Waals surface area (Å²) in [4.78, 5) is 21.3. The molecule has 1 aromatic carbocycles. The molecule has 1 aliphatic carbocycles. The Morgan fingerprint density at radius 3 is 2.62 bits per heavy atom. The summed E-state index contributed by atoms with van der Waals surface area (Å²) < 4.78 is 40.1. The molecule has 3 aromatic rings. The highest BCUT2D eigenvalue weighted by Gasteiger charge is 2.50. The van der Waals surface area contributed by atoms with Crippen LogP contribution in [-0.4, -0.2) is 40.7 Å². The number of nitrogens with zero attached hydrogens (tertiary/aromatic N) is 2. The zero-order chi connectivity index (χ0) is 23.9. The molecule has 6 nitrogen and oxygen atoms in total. The Labute approximate surface area is 196 Å². The number of aromatic nitrogens is 2. The number of carbonyl (C=O) groups is 1.